The van der Waals surface area contributed by atoms with Gasteiger partial charge in [-0.15, -0.1) is 0 Å². The summed E-state index contributed by atoms with van der Waals surface area (Å²) in [5.41, 5.74) is 0. The van der Waals surface area contributed by atoms with Crippen LogP contribution in [0.15, 0.2) is 0 Å². The van der Waals surface area contributed by atoms with Gasteiger partial charge in [-0.3, -0.25) is 9.59 Å². The average molecular weight is 1140 g/mol. The van der Waals surface area contributed by atoms with Crippen LogP contribution in [0.2, 0.25) is 0 Å². The number of carboxylic acids is 1. The molecule has 0 aromatic heterocycles. The zero-order valence-electron chi connectivity index (χ0n) is 42.0. The van der Waals surface area contributed by atoms with Gasteiger partial charge < -0.3 is 139 Å². The molecule has 1 amide bonds. The van der Waals surface area contributed by atoms with Crippen LogP contribution in [0, 0.1) is 5.92 Å². The van der Waals surface area contributed by atoms with Gasteiger partial charge in [0.25, 0.3) is 0 Å². The molecular formula is C44H74NNaO29S. The third kappa shape index (κ3) is 15.9. The zero-order valence-corrected chi connectivity index (χ0v) is 44.9. The molecule has 0 aromatic rings. The van der Waals surface area contributed by atoms with E-state index in [1.807, 2.05) is 0 Å². The van der Waals surface area contributed by atoms with Crippen LogP contribution in [0.3, 0.4) is 0 Å². The monoisotopic (exact) mass is 1140 g/mol. The van der Waals surface area contributed by atoms with E-state index in [0.717, 1.165) is 6.92 Å². The molecule has 5 aliphatic rings. The van der Waals surface area contributed by atoms with Crippen molar-refractivity contribution in [1.82, 2.24) is 5.32 Å². The Labute approximate surface area is 463 Å². The topological polar surface area (TPSA) is 482 Å². The van der Waals surface area contributed by atoms with Gasteiger partial charge in [0.1, 0.15) is 122 Å². The number of unbranched alkanes of at least 4 members (excludes halogenated alkanes) is 1. The van der Waals surface area contributed by atoms with Crippen LogP contribution in [0.5, 0.6) is 0 Å². The number of carboxylic acid groups (broad SMARTS) is 1. The summed E-state index contributed by atoms with van der Waals surface area (Å²) in [7, 11) is 0. The first kappa shape index (κ1) is 67.5. The van der Waals surface area contributed by atoms with E-state index >= 15 is 0 Å². The van der Waals surface area contributed by atoms with Gasteiger partial charge in [0.15, 0.2) is 25.2 Å². The van der Waals surface area contributed by atoms with Gasteiger partial charge in [0.2, 0.25) is 11.7 Å². The first-order valence-corrected chi connectivity index (χ1v) is 25.2. The van der Waals surface area contributed by atoms with Gasteiger partial charge in [-0.1, -0.05) is 6.92 Å². The van der Waals surface area contributed by atoms with Crippen molar-refractivity contribution in [1.29, 1.82) is 0 Å². The largest absolute Gasteiger partial charge is 1.00 e. The summed E-state index contributed by atoms with van der Waals surface area (Å²) in [6, 6.07) is -1.84. The van der Waals surface area contributed by atoms with Gasteiger partial charge in [0, 0.05) is 38.7 Å². The number of nitrogens with one attached hydrogen (secondary N) is 1. The standard InChI is InChI=1S/C44H75NO29S.Na/c1-16-19(53)10-44(43(63)64,73-34(16)26(55)20(54)11-46)74-38-33(62)42(70-35-23(14-49)68-40(32(61)30(35)59)65-8-4-3-6-18(52)7-5-9-75)69-24(15-50)36(38)71-39-25(45-17(2)51)37(28(57)22(13-48)66-39)72-41-31(60)29(58)27(56)21(12-47)67-41;/h16,19-42,46-50,53-62,75H,3-15H2,1-2H3,(H,45,51)(H,63,64);/q;+1/p-1/t16-,19?,20-,21?,22?,23?,24?,25?,26-,27+,28+,29+,30-,31?,32?,33?,34-,35-,36+,37-,38-,39+,40-,41+,42+,44+;/m1./s1. The second kappa shape index (κ2) is 30.9. The maximum atomic E-state index is 13.3. The second-order valence-corrected chi connectivity index (χ2v) is 19.6. The fraction of sp³-hybridized carbons (Fsp3) is 0.932. The van der Waals surface area contributed by atoms with Crippen molar-refractivity contribution in [2.75, 3.05) is 45.4 Å². The maximum absolute atomic E-state index is 13.3. The minimum absolute atomic E-state index is 0. The van der Waals surface area contributed by atoms with E-state index in [4.69, 9.17) is 47.4 Å². The Hall–Kier alpha value is -1.04. The number of ketones is 1. The molecule has 0 radical (unpaired) electrons. The molecule has 5 saturated heterocycles. The van der Waals surface area contributed by atoms with E-state index in [-0.39, 0.29) is 48.4 Å². The molecule has 0 bridgehead atoms. The molecule has 0 saturated carbocycles. The van der Waals surface area contributed by atoms with Crippen LogP contribution in [-0.4, -0.2) is 293 Å². The van der Waals surface area contributed by atoms with E-state index in [2.05, 4.69) is 17.9 Å². The van der Waals surface area contributed by atoms with Crippen LogP contribution >= 0.6 is 12.6 Å². The summed E-state index contributed by atoms with van der Waals surface area (Å²) < 4.78 is 58.4. The van der Waals surface area contributed by atoms with Gasteiger partial charge >= 0.3 is 29.6 Å². The van der Waals surface area contributed by atoms with Crippen LogP contribution in [-0.2, 0) is 61.8 Å². The number of aliphatic hydroxyl groups excluding tert-OH is 15. The number of amides is 1. The van der Waals surface area contributed by atoms with Crippen LogP contribution in [0.4, 0.5) is 0 Å². The Morgan fingerprint density at radius 2 is 1.18 bits per heavy atom. The van der Waals surface area contributed by atoms with Crippen molar-refractivity contribution >= 4 is 30.3 Å². The number of carbonyl (C=O) groups is 3. The molecule has 16 N–H and O–H groups in total. The molecule has 9 unspecified atom stereocenters. The Kier molecular flexibility index (Phi) is 27.4. The van der Waals surface area contributed by atoms with Crippen LogP contribution < -0.4 is 40.0 Å². The number of ether oxygens (including phenoxy) is 10. The number of thiol groups is 1. The van der Waals surface area contributed by atoms with E-state index in [9.17, 15) is 96.1 Å². The minimum Gasteiger partial charge on any atom is -0.544 e. The number of aliphatic hydroxyl groups is 15. The van der Waals surface area contributed by atoms with Gasteiger partial charge in [0.05, 0.1) is 45.2 Å². The Bertz CT molecular complexity index is 1790. The number of rotatable bonds is 26. The molecule has 5 aliphatic heterocycles. The fourth-order valence-electron chi connectivity index (χ4n) is 9.45. The van der Waals surface area contributed by atoms with E-state index < -0.39 is 210 Å². The molecular weight excluding hydrogens is 1060 g/mol. The van der Waals surface area contributed by atoms with Crippen molar-refractivity contribution < 1.29 is 173 Å². The zero-order chi connectivity index (χ0) is 55.6. The molecule has 26 atom stereocenters. The Morgan fingerprint density at radius 3 is 1.78 bits per heavy atom. The van der Waals surface area contributed by atoms with Crippen molar-refractivity contribution in [2.24, 2.45) is 5.92 Å². The minimum atomic E-state index is -3.29. The fourth-order valence-corrected chi connectivity index (χ4v) is 9.61. The normalized spacial score (nSPS) is 42.8. The molecule has 0 aromatic carbocycles. The van der Waals surface area contributed by atoms with Crippen molar-refractivity contribution in [3.63, 3.8) is 0 Å². The van der Waals surface area contributed by atoms with Gasteiger partial charge in [-0.05, 0) is 25.0 Å². The number of hydrogen-bond acceptors (Lipinski definition) is 30. The third-order valence-corrected chi connectivity index (χ3v) is 14.1. The first-order chi connectivity index (χ1) is 35.5. The average Bonchev–Trinajstić information content (AvgIpc) is 3.38. The summed E-state index contributed by atoms with van der Waals surface area (Å²) in [5.74, 6) is -7.11. The molecule has 76 heavy (non-hydrogen) atoms. The second-order valence-electron chi connectivity index (χ2n) is 19.1. The number of hydrogen-bond donors (Lipinski definition) is 17. The van der Waals surface area contributed by atoms with Crippen molar-refractivity contribution in [3.8, 4) is 0 Å². The third-order valence-electron chi connectivity index (χ3n) is 13.8. The van der Waals surface area contributed by atoms with Crippen molar-refractivity contribution in [3.05, 3.63) is 0 Å². The van der Waals surface area contributed by atoms with E-state index in [1.54, 1.807) is 0 Å². The number of carbonyl (C=O) groups excluding carboxylic acids is 3. The molecule has 5 heterocycles. The Balaban J connectivity index is 0.0000125. The van der Waals surface area contributed by atoms with Crippen molar-refractivity contribution in [2.45, 2.75) is 205 Å². The van der Waals surface area contributed by atoms with Gasteiger partial charge in [-0.2, -0.15) is 12.6 Å². The Morgan fingerprint density at radius 1 is 0.658 bits per heavy atom. The molecule has 5 fully saturated rings. The first-order valence-electron chi connectivity index (χ1n) is 24.5. The predicted molar refractivity (Wildman–Crippen MR) is 242 cm³/mol. The van der Waals surface area contributed by atoms with E-state index in [0.29, 0.717) is 31.4 Å². The van der Waals surface area contributed by atoms with E-state index in [1.165, 1.54) is 6.92 Å². The molecule has 32 heteroatoms. The maximum Gasteiger partial charge on any atom is 1.00 e. The smallest absolute Gasteiger partial charge is 0.544 e. The molecule has 436 valence electrons. The van der Waals surface area contributed by atoms with Crippen LogP contribution in [0.1, 0.15) is 52.4 Å². The number of Topliss-reactive ketones (excluding diaryl/α,β-unsaturated/α-hetero) is 1. The SMILES string of the molecule is CC(=O)NC1[C@H](O[C@H]2C(CO)O[C@@H](O[C@@H]3C(CO)O[C@@H](OCCCCC(=O)CCCS)C(O)[C@H]3O)C(O)[C@H]2O[C@]2(C(=O)[O-])CC(O)[C@@H](C)[C@H]([C@H](O)[C@H](O)CO)O2)OC(CO)[C@H](O)[C@@H]1O[C@@H]1OC(CO)[C@H](O)[C@H](O)C1O.[Na+]. The van der Waals surface area contributed by atoms with Gasteiger partial charge in [-0.25, -0.2) is 0 Å². The van der Waals surface area contributed by atoms with Crippen LogP contribution in [0.25, 0.3) is 0 Å². The summed E-state index contributed by atoms with van der Waals surface area (Å²) in [4.78, 5) is 38.2. The molecule has 0 aliphatic carbocycles. The summed E-state index contributed by atoms with van der Waals surface area (Å²) >= 11 is 4.09. The predicted octanol–water partition coefficient (Wildman–Crippen LogP) is -13.2. The molecule has 5 rings (SSSR count). The summed E-state index contributed by atoms with van der Waals surface area (Å²) in [5, 5.41) is 177. The molecule has 0 spiro atoms. The molecule has 30 nitrogen and oxygen atoms in total. The number of aliphatic carboxylic acids is 1. The summed E-state index contributed by atoms with van der Waals surface area (Å²) in [6.45, 7) is -3.00. The summed E-state index contributed by atoms with van der Waals surface area (Å²) in [6.07, 6.45) is -44.3. The quantitative estimate of drug-likeness (QED) is 0.0217.